The molecule has 1 aromatic rings. The van der Waals surface area contributed by atoms with Crippen molar-refractivity contribution in [2.45, 2.75) is 68.9 Å². The second-order valence-corrected chi connectivity index (χ2v) is 10.4. The third-order valence-corrected chi connectivity index (χ3v) is 7.66. The molecule has 2 N–H and O–H groups in total. The van der Waals surface area contributed by atoms with E-state index >= 15 is 0 Å². The van der Waals surface area contributed by atoms with E-state index in [1.165, 1.54) is 38.4 Å². The lowest BCUT2D eigenvalue weighted by molar-refractivity contribution is -0.145. The highest BCUT2D eigenvalue weighted by Crippen LogP contribution is 2.53. The van der Waals surface area contributed by atoms with E-state index in [0.717, 1.165) is 37.5 Å². The van der Waals surface area contributed by atoms with Crippen LogP contribution in [0.15, 0.2) is 34.2 Å². The molecule has 8 heteroatoms. The highest BCUT2D eigenvalue weighted by molar-refractivity contribution is 14.0. The van der Waals surface area contributed by atoms with Gasteiger partial charge in [-0.25, -0.2) is 8.42 Å². The number of guanidine groups is 1. The lowest BCUT2D eigenvalue weighted by Crippen LogP contribution is -2.66. The van der Waals surface area contributed by atoms with Crippen LogP contribution in [0.2, 0.25) is 0 Å². The maximum absolute atomic E-state index is 11.6. The summed E-state index contributed by atoms with van der Waals surface area (Å²) in [5.74, 6) is 0.836. The molecular weight excluding hydrogens is 513 g/mol. The molecule has 2 atom stereocenters. The molecule has 30 heavy (non-hydrogen) atoms. The third kappa shape index (κ3) is 5.88. The fourth-order valence-corrected chi connectivity index (χ4v) is 5.48. The average molecular weight is 550 g/mol. The fraction of sp³-hybridized carbons (Fsp3) is 0.682. The van der Waals surface area contributed by atoms with Crippen molar-refractivity contribution in [3.63, 3.8) is 0 Å². The van der Waals surface area contributed by atoms with Crippen molar-refractivity contribution in [2.24, 2.45) is 10.4 Å². The quantitative estimate of drug-likeness (QED) is 0.309. The first-order valence-electron chi connectivity index (χ1n) is 10.8. The number of rotatable bonds is 7. The predicted molar refractivity (Wildman–Crippen MR) is 133 cm³/mol. The largest absolute Gasteiger partial charge is 0.378 e. The number of sulfone groups is 1. The van der Waals surface area contributed by atoms with Gasteiger partial charge in [0.1, 0.15) is 0 Å². The zero-order valence-electron chi connectivity index (χ0n) is 18.3. The van der Waals surface area contributed by atoms with E-state index < -0.39 is 9.84 Å². The number of ether oxygens (including phenoxy) is 1. The van der Waals surface area contributed by atoms with Crippen molar-refractivity contribution in [3.05, 3.63) is 29.8 Å². The first-order valence-corrected chi connectivity index (χ1v) is 12.7. The molecular formula is C22H36IN3O3S. The second-order valence-electron chi connectivity index (χ2n) is 8.34. The highest BCUT2D eigenvalue weighted by Gasteiger charge is 2.55. The Bertz CT molecular complexity index is 805. The molecule has 2 aliphatic rings. The van der Waals surface area contributed by atoms with Crippen LogP contribution in [-0.2, 0) is 21.0 Å². The van der Waals surface area contributed by atoms with Gasteiger partial charge in [-0.2, -0.15) is 0 Å². The molecule has 2 saturated carbocycles. The van der Waals surface area contributed by atoms with Gasteiger partial charge in [-0.3, -0.25) is 4.99 Å². The van der Waals surface area contributed by atoms with E-state index in [2.05, 4.69) is 22.5 Å². The maximum Gasteiger partial charge on any atom is 0.191 e. The summed E-state index contributed by atoms with van der Waals surface area (Å²) < 4.78 is 29.2. The van der Waals surface area contributed by atoms with Gasteiger partial charge in [0.25, 0.3) is 0 Å². The number of benzene rings is 1. The first kappa shape index (κ1) is 25.4. The smallest absolute Gasteiger partial charge is 0.191 e. The summed E-state index contributed by atoms with van der Waals surface area (Å²) >= 11 is 0. The van der Waals surface area contributed by atoms with Crippen molar-refractivity contribution in [1.82, 2.24) is 10.6 Å². The van der Waals surface area contributed by atoms with Crippen LogP contribution in [0.3, 0.4) is 0 Å². The molecule has 1 spiro atoms. The second kappa shape index (κ2) is 11.1. The van der Waals surface area contributed by atoms with Crippen LogP contribution in [-0.4, -0.2) is 53.0 Å². The zero-order valence-corrected chi connectivity index (χ0v) is 21.5. The number of nitrogens with zero attached hydrogens (tertiary/aromatic N) is 1. The van der Waals surface area contributed by atoms with E-state index in [1.807, 2.05) is 19.2 Å². The van der Waals surface area contributed by atoms with Crippen LogP contribution in [0.1, 0.15) is 51.0 Å². The van der Waals surface area contributed by atoms with Gasteiger partial charge in [-0.05, 0) is 50.3 Å². The number of hydrogen-bond acceptors (Lipinski definition) is 4. The van der Waals surface area contributed by atoms with Gasteiger partial charge < -0.3 is 15.4 Å². The van der Waals surface area contributed by atoms with E-state index in [0.29, 0.717) is 17.0 Å². The minimum atomic E-state index is -3.14. The summed E-state index contributed by atoms with van der Waals surface area (Å²) in [6.07, 6.45) is 9.83. The molecule has 0 bridgehead atoms. The van der Waals surface area contributed by atoms with Crippen molar-refractivity contribution in [2.75, 3.05) is 26.5 Å². The molecule has 3 rings (SSSR count). The molecule has 0 amide bonds. The molecule has 2 fully saturated rings. The van der Waals surface area contributed by atoms with Crippen LogP contribution in [0.5, 0.6) is 0 Å². The molecule has 0 saturated heterocycles. The number of hydrogen-bond donors (Lipinski definition) is 2. The Labute approximate surface area is 198 Å². The summed E-state index contributed by atoms with van der Waals surface area (Å²) in [5.41, 5.74) is 1.36. The van der Waals surface area contributed by atoms with Gasteiger partial charge in [-0.15, -0.1) is 24.0 Å². The van der Waals surface area contributed by atoms with Crippen molar-refractivity contribution < 1.29 is 13.2 Å². The van der Waals surface area contributed by atoms with Crippen LogP contribution >= 0.6 is 24.0 Å². The van der Waals surface area contributed by atoms with Gasteiger partial charge >= 0.3 is 0 Å². The molecule has 0 aromatic heterocycles. The van der Waals surface area contributed by atoms with Crippen LogP contribution in [0.4, 0.5) is 0 Å². The van der Waals surface area contributed by atoms with Crippen LogP contribution in [0, 0.1) is 5.41 Å². The zero-order chi connectivity index (χ0) is 20.9. The Morgan fingerprint density at radius 1 is 1.20 bits per heavy atom. The highest BCUT2D eigenvalue weighted by atomic mass is 127. The Balaban J connectivity index is 0.00000320. The number of nitrogens with one attached hydrogen (secondary N) is 2. The minimum Gasteiger partial charge on any atom is -0.378 e. The van der Waals surface area contributed by atoms with E-state index in [4.69, 9.17) is 4.74 Å². The normalized spacial score (nSPS) is 23.4. The Kier molecular flexibility index (Phi) is 9.42. The summed E-state index contributed by atoms with van der Waals surface area (Å²) in [6.45, 7) is 3.61. The lowest BCUT2D eigenvalue weighted by Gasteiger charge is -2.57. The van der Waals surface area contributed by atoms with Gasteiger partial charge in [-0.1, -0.05) is 31.4 Å². The van der Waals surface area contributed by atoms with Gasteiger partial charge in [0.05, 0.1) is 11.0 Å². The molecule has 1 aromatic carbocycles. The molecule has 2 aliphatic carbocycles. The topological polar surface area (TPSA) is 79.8 Å². The maximum atomic E-state index is 11.6. The number of aliphatic imine (C=N–C) groups is 1. The average Bonchev–Trinajstić information content (AvgIpc) is 2.72. The minimum absolute atomic E-state index is 0. The third-order valence-electron chi connectivity index (χ3n) is 6.53. The molecule has 0 heterocycles. The summed E-state index contributed by atoms with van der Waals surface area (Å²) in [5, 5.41) is 7.06. The molecule has 6 nitrogen and oxygen atoms in total. The van der Waals surface area contributed by atoms with E-state index in [1.54, 1.807) is 12.1 Å². The summed E-state index contributed by atoms with van der Waals surface area (Å²) in [7, 11) is -1.34. The predicted octanol–water partition coefficient (Wildman–Crippen LogP) is 3.54. The molecule has 170 valence electrons. The van der Waals surface area contributed by atoms with Crippen molar-refractivity contribution >= 4 is 39.8 Å². The van der Waals surface area contributed by atoms with Gasteiger partial charge in [0, 0.05) is 37.9 Å². The fourth-order valence-electron chi connectivity index (χ4n) is 4.85. The summed E-state index contributed by atoms with van der Waals surface area (Å²) in [4.78, 5) is 4.77. The van der Waals surface area contributed by atoms with E-state index in [9.17, 15) is 8.42 Å². The monoisotopic (exact) mass is 549 g/mol. The summed E-state index contributed by atoms with van der Waals surface area (Å²) in [6, 6.07) is 7.52. The van der Waals surface area contributed by atoms with Gasteiger partial charge in [0.2, 0.25) is 0 Å². The Morgan fingerprint density at radius 3 is 2.43 bits per heavy atom. The Morgan fingerprint density at radius 2 is 1.87 bits per heavy atom. The SMILES string of the molecule is CCOC1CC(NC(=NC)NCCc2ccc(S(C)(=O)=O)cc2)C12CCCCC2.I. The van der Waals surface area contributed by atoms with Crippen molar-refractivity contribution in [3.8, 4) is 0 Å². The molecule has 0 aliphatic heterocycles. The lowest BCUT2D eigenvalue weighted by atomic mass is 9.55. The standard InChI is InChI=1S/C22H35N3O3S.HI/c1-4-28-20-16-19(22(20)13-6-5-7-14-22)25-21(23-2)24-15-12-17-8-10-18(11-9-17)29(3,26)27;/h8-11,19-20H,4-7,12-16H2,1-3H3,(H2,23,24,25);1H. The Hall–Kier alpha value is -0.870. The van der Waals surface area contributed by atoms with E-state index in [-0.39, 0.29) is 29.4 Å². The molecule has 2 unspecified atom stereocenters. The van der Waals surface area contributed by atoms with Crippen LogP contribution < -0.4 is 10.6 Å². The van der Waals surface area contributed by atoms with Crippen LogP contribution in [0.25, 0.3) is 0 Å². The van der Waals surface area contributed by atoms with Crippen molar-refractivity contribution in [1.29, 1.82) is 0 Å². The molecule has 0 radical (unpaired) electrons. The first-order chi connectivity index (χ1) is 13.9. The van der Waals surface area contributed by atoms with Gasteiger partial charge in [0.15, 0.2) is 15.8 Å². The number of halogens is 1.